The van der Waals surface area contributed by atoms with E-state index in [1.54, 1.807) is 11.7 Å². The van der Waals surface area contributed by atoms with Crippen LogP contribution in [0.4, 0.5) is 0 Å². The summed E-state index contributed by atoms with van der Waals surface area (Å²) in [6.45, 7) is 0. The summed E-state index contributed by atoms with van der Waals surface area (Å²) in [5, 5.41) is 13.4. The first kappa shape index (κ1) is 10.7. The van der Waals surface area contributed by atoms with Crippen LogP contribution in [-0.4, -0.2) is 20.9 Å². The highest BCUT2D eigenvalue weighted by molar-refractivity contribution is 9.10. The first-order chi connectivity index (χ1) is 7.11. The second-order valence-electron chi connectivity index (χ2n) is 3.96. The largest absolute Gasteiger partial charge is 0.478 e. The molecule has 0 unspecified atom stereocenters. The minimum Gasteiger partial charge on any atom is -0.478 e. The number of hydrogen-bond donors (Lipinski definition) is 1. The van der Waals surface area contributed by atoms with Crippen molar-refractivity contribution in [2.75, 3.05) is 0 Å². The summed E-state index contributed by atoms with van der Waals surface area (Å²) in [7, 11) is 1.76. The highest BCUT2D eigenvalue weighted by Crippen LogP contribution is 2.36. The van der Waals surface area contributed by atoms with Crippen LogP contribution in [0.3, 0.4) is 0 Å². The molecule has 82 valence electrons. The number of rotatable bonds is 2. The average Bonchev–Trinajstić information content (AvgIpc) is 2.75. The first-order valence-electron chi connectivity index (χ1n) is 5.07. The van der Waals surface area contributed by atoms with Gasteiger partial charge in [-0.3, -0.25) is 4.68 Å². The molecule has 4 nitrogen and oxygen atoms in total. The molecule has 1 heterocycles. The van der Waals surface area contributed by atoms with Crippen LogP contribution >= 0.6 is 15.9 Å². The molecule has 1 aliphatic rings. The fourth-order valence-corrected chi connectivity index (χ4v) is 2.66. The zero-order chi connectivity index (χ0) is 11.0. The van der Waals surface area contributed by atoms with Crippen molar-refractivity contribution in [1.82, 2.24) is 9.78 Å². The zero-order valence-corrected chi connectivity index (χ0v) is 10.1. The summed E-state index contributed by atoms with van der Waals surface area (Å²) < 4.78 is 2.16. The van der Waals surface area contributed by atoms with Crippen molar-refractivity contribution < 1.29 is 9.90 Å². The maximum Gasteiger partial charge on any atom is 0.340 e. The van der Waals surface area contributed by atoms with E-state index in [9.17, 15) is 4.79 Å². The quantitative estimate of drug-likeness (QED) is 0.900. The highest BCUT2D eigenvalue weighted by atomic mass is 79.9. The molecule has 0 spiro atoms. The van der Waals surface area contributed by atoms with E-state index >= 15 is 0 Å². The third kappa shape index (κ3) is 1.80. The number of carboxylic acids is 1. The molecule has 0 radical (unpaired) electrons. The first-order valence-corrected chi connectivity index (χ1v) is 5.86. The van der Waals surface area contributed by atoms with E-state index in [0.29, 0.717) is 16.1 Å². The van der Waals surface area contributed by atoms with Gasteiger partial charge in [-0.2, -0.15) is 5.10 Å². The van der Waals surface area contributed by atoms with Crippen LogP contribution in [0, 0.1) is 0 Å². The molecule has 0 bridgehead atoms. The molecule has 15 heavy (non-hydrogen) atoms. The van der Waals surface area contributed by atoms with E-state index in [1.807, 2.05) is 0 Å². The Hall–Kier alpha value is -0.840. The Morgan fingerprint density at radius 2 is 2.13 bits per heavy atom. The van der Waals surface area contributed by atoms with E-state index in [-0.39, 0.29) is 0 Å². The molecule has 0 saturated heterocycles. The smallest absolute Gasteiger partial charge is 0.340 e. The van der Waals surface area contributed by atoms with Crippen LogP contribution < -0.4 is 0 Å². The topological polar surface area (TPSA) is 55.1 Å². The van der Waals surface area contributed by atoms with Crippen molar-refractivity contribution in [1.29, 1.82) is 0 Å². The van der Waals surface area contributed by atoms with E-state index in [1.165, 1.54) is 12.8 Å². The van der Waals surface area contributed by atoms with Gasteiger partial charge in [-0.1, -0.05) is 12.8 Å². The third-order valence-corrected chi connectivity index (χ3v) is 3.87. The van der Waals surface area contributed by atoms with Gasteiger partial charge in [0, 0.05) is 13.0 Å². The van der Waals surface area contributed by atoms with Crippen LogP contribution in [0.1, 0.15) is 47.7 Å². The Morgan fingerprint density at radius 1 is 1.53 bits per heavy atom. The van der Waals surface area contributed by atoms with E-state index in [2.05, 4.69) is 21.0 Å². The number of carbonyl (C=O) groups is 1. The number of carboxylic acid groups (broad SMARTS) is 1. The maximum atomic E-state index is 11.1. The lowest BCUT2D eigenvalue weighted by Crippen LogP contribution is -2.04. The zero-order valence-electron chi connectivity index (χ0n) is 8.53. The normalized spacial score (nSPS) is 17.2. The molecule has 0 aliphatic heterocycles. The lowest BCUT2D eigenvalue weighted by atomic mass is 10.0. The van der Waals surface area contributed by atoms with Gasteiger partial charge in [0.05, 0.1) is 5.69 Å². The van der Waals surface area contributed by atoms with E-state index < -0.39 is 5.97 Å². The minimum absolute atomic E-state index is 0.327. The average molecular weight is 273 g/mol. The number of halogens is 1. The Bertz CT molecular complexity index is 394. The minimum atomic E-state index is -0.892. The summed E-state index contributed by atoms with van der Waals surface area (Å²) in [5.41, 5.74) is 1.08. The Labute approximate surface area is 96.4 Å². The monoisotopic (exact) mass is 272 g/mol. The number of aromatic carboxylic acids is 1. The maximum absolute atomic E-state index is 11.1. The van der Waals surface area contributed by atoms with Crippen molar-refractivity contribution in [3.63, 3.8) is 0 Å². The summed E-state index contributed by atoms with van der Waals surface area (Å²) in [4.78, 5) is 11.1. The van der Waals surface area contributed by atoms with Crippen molar-refractivity contribution in [2.45, 2.75) is 31.6 Å². The number of hydrogen-bond acceptors (Lipinski definition) is 2. The van der Waals surface area contributed by atoms with Gasteiger partial charge in [-0.15, -0.1) is 0 Å². The van der Waals surface area contributed by atoms with Gasteiger partial charge >= 0.3 is 5.97 Å². The Morgan fingerprint density at radius 3 is 2.67 bits per heavy atom. The number of aryl methyl sites for hydroxylation is 1. The van der Waals surface area contributed by atoms with Crippen LogP contribution in [0.15, 0.2) is 4.60 Å². The van der Waals surface area contributed by atoms with Gasteiger partial charge in [0.25, 0.3) is 0 Å². The predicted octanol–water partition coefficient (Wildman–Crippen LogP) is 2.54. The second kappa shape index (κ2) is 3.96. The van der Waals surface area contributed by atoms with Gasteiger partial charge in [0.1, 0.15) is 10.2 Å². The second-order valence-corrected chi connectivity index (χ2v) is 4.71. The van der Waals surface area contributed by atoms with Crippen molar-refractivity contribution in [3.05, 3.63) is 15.9 Å². The SMILES string of the molecule is Cn1nc(C2CCCC2)c(C(=O)O)c1Br. The van der Waals surface area contributed by atoms with Gasteiger partial charge in [0.15, 0.2) is 0 Å². The van der Waals surface area contributed by atoms with Crippen molar-refractivity contribution in [2.24, 2.45) is 7.05 Å². The van der Waals surface area contributed by atoms with Gasteiger partial charge in [-0.25, -0.2) is 4.79 Å². The summed E-state index contributed by atoms with van der Waals surface area (Å²) in [6, 6.07) is 0. The lowest BCUT2D eigenvalue weighted by Gasteiger charge is -2.05. The predicted molar refractivity (Wildman–Crippen MR) is 59.1 cm³/mol. The molecule has 1 saturated carbocycles. The molecule has 1 aromatic rings. The fourth-order valence-electron chi connectivity index (χ4n) is 2.21. The standard InChI is InChI=1S/C10H13BrN2O2/c1-13-9(11)7(10(14)15)8(12-13)6-4-2-3-5-6/h6H,2-5H2,1H3,(H,14,15). The molecular formula is C10H13BrN2O2. The van der Waals surface area contributed by atoms with Gasteiger partial charge < -0.3 is 5.11 Å². The van der Waals surface area contributed by atoms with E-state index in [4.69, 9.17) is 5.11 Å². The van der Waals surface area contributed by atoms with Crippen LogP contribution in [0.2, 0.25) is 0 Å². The Kier molecular flexibility index (Phi) is 2.82. The fraction of sp³-hybridized carbons (Fsp3) is 0.600. The molecule has 1 aromatic heterocycles. The van der Waals surface area contributed by atoms with Crippen molar-refractivity contribution >= 4 is 21.9 Å². The van der Waals surface area contributed by atoms with Crippen LogP contribution in [-0.2, 0) is 7.05 Å². The molecule has 5 heteroatoms. The molecule has 0 atom stereocenters. The molecule has 0 aromatic carbocycles. The molecule has 0 amide bonds. The lowest BCUT2D eigenvalue weighted by molar-refractivity contribution is 0.0694. The van der Waals surface area contributed by atoms with Gasteiger partial charge in [0.2, 0.25) is 0 Å². The third-order valence-electron chi connectivity index (χ3n) is 2.96. The molecule has 1 aliphatic carbocycles. The molecular weight excluding hydrogens is 260 g/mol. The van der Waals surface area contributed by atoms with Crippen LogP contribution in [0.25, 0.3) is 0 Å². The summed E-state index contributed by atoms with van der Waals surface area (Å²) in [5.74, 6) is -0.564. The number of aromatic nitrogens is 2. The van der Waals surface area contributed by atoms with Crippen LogP contribution in [0.5, 0.6) is 0 Å². The number of nitrogens with zero attached hydrogens (tertiary/aromatic N) is 2. The summed E-state index contributed by atoms with van der Waals surface area (Å²) >= 11 is 3.27. The highest BCUT2D eigenvalue weighted by Gasteiger charge is 2.28. The molecule has 2 rings (SSSR count). The van der Waals surface area contributed by atoms with Crippen molar-refractivity contribution in [3.8, 4) is 0 Å². The Balaban J connectivity index is 2.45. The molecule has 1 fully saturated rings. The van der Waals surface area contributed by atoms with Gasteiger partial charge in [-0.05, 0) is 28.8 Å². The molecule has 1 N–H and O–H groups in total. The van der Waals surface area contributed by atoms with E-state index in [0.717, 1.165) is 18.5 Å². The summed E-state index contributed by atoms with van der Waals surface area (Å²) in [6.07, 6.45) is 4.48.